The average Bonchev–Trinajstić information content (AvgIpc) is 2.59. The number of rotatable bonds is 7. The molecule has 0 aliphatic heterocycles. The molecule has 0 unspecified atom stereocenters. The van der Waals surface area contributed by atoms with Gasteiger partial charge in [0.1, 0.15) is 6.04 Å². The first kappa shape index (κ1) is 19.0. The molecule has 0 aromatic heterocycles. The highest BCUT2D eigenvalue weighted by atomic mass is 35.5. The number of nitrogens with one attached hydrogen (secondary N) is 1. The quantitative estimate of drug-likeness (QED) is 0.763. The van der Waals surface area contributed by atoms with Crippen LogP contribution in [0, 0.1) is 0 Å². The molecule has 2 rings (SSSR count). The van der Waals surface area contributed by atoms with Gasteiger partial charge in [0, 0.05) is 0 Å². The predicted molar refractivity (Wildman–Crippen MR) is 95.0 cm³/mol. The lowest BCUT2D eigenvalue weighted by Gasteiger charge is -2.16. The summed E-state index contributed by atoms with van der Waals surface area (Å²) in [5, 5.41) is 2.66. The molecule has 1 atom stereocenters. The molecular formula is C17H17ClN2O4S. The second-order valence-corrected chi connectivity index (χ2v) is 7.85. The van der Waals surface area contributed by atoms with Crippen LogP contribution in [-0.2, 0) is 14.6 Å². The van der Waals surface area contributed by atoms with E-state index in [9.17, 15) is 18.0 Å². The molecule has 2 amide bonds. The second-order valence-electron chi connectivity index (χ2n) is 5.33. The first-order chi connectivity index (χ1) is 11.8. The van der Waals surface area contributed by atoms with E-state index in [1.807, 2.05) is 0 Å². The normalized spacial score (nSPS) is 12.4. The third-order valence-electron chi connectivity index (χ3n) is 3.54. The Hall–Kier alpha value is -2.38. The molecular weight excluding hydrogens is 364 g/mol. The van der Waals surface area contributed by atoms with Gasteiger partial charge in [-0.05, 0) is 30.7 Å². The van der Waals surface area contributed by atoms with Crippen molar-refractivity contribution in [3.63, 3.8) is 0 Å². The largest absolute Gasteiger partial charge is 0.368 e. The van der Waals surface area contributed by atoms with Crippen molar-refractivity contribution >= 4 is 33.3 Å². The topological polar surface area (TPSA) is 106 Å². The molecule has 0 spiro atoms. The number of nitrogens with two attached hydrogens (primary N) is 1. The fourth-order valence-corrected chi connectivity index (χ4v) is 3.76. The number of carbonyl (C=O) groups is 2. The zero-order valence-corrected chi connectivity index (χ0v) is 14.8. The minimum Gasteiger partial charge on any atom is -0.368 e. The summed E-state index contributed by atoms with van der Waals surface area (Å²) in [6.07, 6.45) is -0.136. The molecule has 2 aromatic rings. The molecule has 0 radical (unpaired) electrons. The summed E-state index contributed by atoms with van der Waals surface area (Å²) in [4.78, 5) is 24.0. The van der Waals surface area contributed by atoms with E-state index in [0.717, 1.165) is 0 Å². The van der Waals surface area contributed by atoms with Crippen LogP contribution in [0.25, 0.3) is 0 Å². The molecule has 0 bridgehead atoms. The maximum absolute atomic E-state index is 12.3. The molecule has 0 heterocycles. The number of halogens is 1. The van der Waals surface area contributed by atoms with E-state index in [0.29, 0.717) is 0 Å². The summed E-state index contributed by atoms with van der Waals surface area (Å²) in [6.45, 7) is 0. The first-order valence-electron chi connectivity index (χ1n) is 7.44. The van der Waals surface area contributed by atoms with Crippen molar-refractivity contribution < 1.29 is 18.0 Å². The van der Waals surface area contributed by atoms with Gasteiger partial charge in [-0.3, -0.25) is 9.59 Å². The molecule has 132 valence electrons. The van der Waals surface area contributed by atoms with E-state index >= 15 is 0 Å². The Morgan fingerprint density at radius 3 is 2.24 bits per heavy atom. The summed E-state index contributed by atoms with van der Waals surface area (Å²) < 4.78 is 24.6. The smallest absolute Gasteiger partial charge is 0.253 e. The Kier molecular flexibility index (Phi) is 6.17. The average molecular weight is 381 g/mol. The minimum atomic E-state index is -3.58. The number of carbonyl (C=O) groups excluding carboxylic acids is 2. The van der Waals surface area contributed by atoms with Gasteiger partial charge in [0.15, 0.2) is 9.84 Å². The van der Waals surface area contributed by atoms with E-state index in [1.165, 1.54) is 24.3 Å². The lowest BCUT2D eigenvalue weighted by molar-refractivity contribution is -0.119. The monoisotopic (exact) mass is 380 g/mol. The number of sulfone groups is 1. The van der Waals surface area contributed by atoms with Crippen molar-refractivity contribution in [3.05, 3.63) is 65.2 Å². The highest BCUT2D eigenvalue weighted by Gasteiger charge is 2.23. The van der Waals surface area contributed by atoms with Crippen LogP contribution in [-0.4, -0.2) is 32.0 Å². The van der Waals surface area contributed by atoms with Gasteiger partial charge in [0.2, 0.25) is 5.91 Å². The first-order valence-corrected chi connectivity index (χ1v) is 9.47. The lowest BCUT2D eigenvalue weighted by Crippen LogP contribution is -2.45. The molecule has 6 nitrogen and oxygen atoms in total. The molecule has 0 saturated heterocycles. The lowest BCUT2D eigenvalue weighted by atomic mass is 10.1. The Balaban J connectivity index is 2.08. The van der Waals surface area contributed by atoms with Gasteiger partial charge in [0.25, 0.3) is 5.91 Å². The van der Waals surface area contributed by atoms with Crippen LogP contribution in [0.2, 0.25) is 5.02 Å². The summed E-state index contributed by atoms with van der Waals surface area (Å²) in [7, 11) is -3.58. The standard InChI is InChI=1S/C17H17ClN2O4S/c18-14-9-5-4-8-13(14)17(22)20-15(16(19)21)10-11-25(23,24)12-6-2-1-3-7-12/h1-9,15H,10-11H2,(H2,19,21)(H,20,22)/t15-/m1/s1. The van der Waals surface area contributed by atoms with Crippen LogP contribution in [0.3, 0.4) is 0 Å². The van der Waals surface area contributed by atoms with Crippen molar-refractivity contribution in [3.8, 4) is 0 Å². The third-order valence-corrected chi connectivity index (χ3v) is 5.64. The molecule has 3 N–H and O–H groups in total. The summed E-state index contributed by atoms with van der Waals surface area (Å²) in [5.74, 6) is -1.73. The molecule has 0 aliphatic rings. The van der Waals surface area contributed by atoms with E-state index in [1.54, 1.807) is 30.3 Å². The van der Waals surface area contributed by atoms with Crippen molar-refractivity contribution in [1.82, 2.24) is 5.32 Å². The molecule has 0 fully saturated rings. The summed E-state index contributed by atoms with van der Waals surface area (Å²) in [5.41, 5.74) is 5.47. The van der Waals surface area contributed by atoms with Crippen molar-refractivity contribution in [2.24, 2.45) is 5.73 Å². The summed E-state index contributed by atoms with van der Waals surface area (Å²) >= 11 is 5.94. The maximum Gasteiger partial charge on any atom is 0.253 e. The van der Waals surface area contributed by atoms with Crippen LogP contribution >= 0.6 is 11.6 Å². The molecule has 2 aromatic carbocycles. The van der Waals surface area contributed by atoms with Gasteiger partial charge in [-0.15, -0.1) is 0 Å². The van der Waals surface area contributed by atoms with Crippen LogP contribution in [0.5, 0.6) is 0 Å². The Bertz CT molecular complexity index is 869. The Labute approximate surface area is 150 Å². The Morgan fingerprint density at radius 2 is 1.64 bits per heavy atom. The summed E-state index contributed by atoms with van der Waals surface area (Å²) in [6, 6.07) is 13.1. The van der Waals surface area contributed by atoms with E-state index < -0.39 is 27.7 Å². The van der Waals surface area contributed by atoms with Gasteiger partial charge in [0.05, 0.1) is 21.2 Å². The molecule has 8 heteroatoms. The van der Waals surface area contributed by atoms with Crippen LogP contribution in [0.15, 0.2) is 59.5 Å². The fourth-order valence-electron chi connectivity index (χ4n) is 2.19. The van der Waals surface area contributed by atoms with E-state index in [2.05, 4.69) is 5.32 Å². The van der Waals surface area contributed by atoms with Gasteiger partial charge in [-0.2, -0.15) is 0 Å². The van der Waals surface area contributed by atoms with Gasteiger partial charge in [-0.25, -0.2) is 8.42 Å². The Morgan fingerprint density at radius 1 is 1.04 bits per heavy atom. The number of amides is 2. The number of benzene rings is 2. The fraction of sp³-hybridized carbons (Fsp3) is 0.176. The maximum atomic E-state index is 12.3. The molecule has 0 aliphatic carbocycles. The molecule has 25 heavy (non-hydrogen) atoms. The number of hydrogen-bond donors (Lipinski definition) is 2. The van der Waals surface area contributed by atoms with Crippen molar-refractivity contribution in [1.29, 1.82) is 0 Å². The highest BCUT2D eigenvalue weighted by Crippen LogP contribution is 2.16. The molecule has 0 saturated carbocycles. The SMILES string of the molecule is NC(=O)[C@@H](CCS(=O)(=O)c1ccccc1)NC(=O)c1ccccc1Cl. The van der Waals surface area contributed by atoms with Gasteiger partial charge >= 0.3 is 0 Å². The minimum absolute atomic E-state index is 0.136. The third kappa shape index (κ3) is 5.04. The van der Waals surface area contributed by atoms with Gasteiger partial charge in [-0.1, -0.05) is 41.9 Å². The predicted octanol–water partition coefficient (Wildman–Crippen LogP) is 1.79. The van der Waals surface area contributed by atoms with E-state index in [-0.39, 0.29) is 27.7 Å². The van der Waals surface area contributed by atoms with E-state index in [4.69, 9.17) is 17.3 Å². The van der Waals surface area contributed by atoms with Crippen LogP contribution in [0.4, 0.5) is 0 Å². The highest BCUT2D eigenvalue weighted by molar-refractivity contribution is 7.91. The zero-order chi connectivity index (χ0) is 18.4. The number of hydrogen-bond acceptors (Lipinski definition) is 4. The van der Waals surface area contributed by atoms with Gasteiger partial charge < -0.3 is 11.1 Å². The van der Waals surface area contributed by atoms with Crippen molar-refractivity contribution in [2.45, 2.75) is 17.4 Å². The second kappa shape index (κ2) is 8.13. The number of primary amides is 1. The van der Waals surface area contributed by atoms with Crippen LogP contribution < -0.4 is 11.1 Å². The van der Waals surface area contributed by atoms with Crippen LogP contribution in [0.1, 0.15) is 16.8 Å². The van der Waals surface area contributed by atoms with Crippen molar-refractivity contribution in [2.75, 3.05) is 5.75 Å². The zero-order valence-electron chi connectivity index (χ0n) is 13.2.